The maximum absolute atomic E-state index is 14.3. The Morgan fingerprint density at radius 1 is 1.10 bits per heavy atom. The molecule has 1 spiro atoms. The smallest absolute Gasteiger partial charge is 0.305 e. The van der Waals surface area contributed by atoms with E-state index in [1.54, 1.807) is 9.80 Å². The molecule has 2 amide bonds. The zero-order chi connectivity index (χ0) is 30.2. The van der Waals surface area contributed by atoms with Gasteiger partial charge >= 0.3 is 5.97 Å². The number of carbonyl (C=O) groups excluding carboxylic acids is 3. The Balaban J connectivity index is 1.42. The highest BCUT2D eigenvalue weighted by atomic mass is 28.4. The van der Waals surface area contributed by atoms with Crippen molar-refractivity contribution < 1.29 is 33.8 Å². The lowest BCUT2D eigenvalue weighted by Crippen LogP contribution is -2.48. The van der Waals surface area contributed by atoms with Gasteiger partial charge in [0.25, 0.3) is 5.91 Å². The summed E-state index contributed by atoms with van der Waals surface area (Å²) in [6, 6.07) is 15.2. The van der Waals surface area contributed by atoms with Crippen LogP contribution in [0.4, 0.5) is 5.69 Å². The highest BCUT2D eigenvalue weighted by Gasteiger charge is 2.66. The topological polar surface area (TPSA) is 117 Å². The van der Waals surface area contributed by atoms with Crippen molar-refractivity contribution in [1.29, 1.82) is 0 Å². The maximum atomic E-state index is 14.3. The number of unbranched alkanes of at least 4 members (excludes halogenated alkanes) is 1. The fraction of sp³-hybridized carbons (Fsp3) is 0.531. The molecule has 10 heteroatoms. The van der Waals surface area contributed by atoms with Crippen molar-refractivity contribution >= 4 is 31.8 Å². The number of carbonyl (C=O) groups is 3. The van der Waals surface area contributed by atoms with Crippen LogP contribution in [0.1, 0.15) is 49.3 Å². The normalized spacial score (nSPS) is 26.9. The van der Waals surface area contributed by atoms with Gasteiger partial charge < -0.3 is 29.2 Å². The second kappa shape index (κ2) is 11.9. The van der Waals surface area contributed by atoms with E-state index in [4.69, 9.17) is 9.47 Å². The average Bonchev–Trinajstić information content (AvgIpc) is 3.40. The van der Waals surface area contributed by atoms with Crippen LogP contribution in [-0.2, 0) is 42.4 Å². The number of fused-ring (bicyclic) bond motifs is 3. The number of methoxy groups -OCH3 is 1. The minimum Gasteiger partial charge on any atom is -0.469 e. The van der Waals surface area contributed by atoms with E-state index < -0.39 is 20.0 Å². The summed E-state index contributed by atoms with van der Waals surface area (Å²) in [5.74, 6) is -0.989. The van der Waals surface area contributed by atoms with Crippen LogP contribution < -0.4 is 4.90 Å². The van der Waals surface area contributed by atoms with Crippen LogP contribution in [0.2, 0.25) is 18.6 Å². The summed E-state index contributed by atoms with van der Waals surface area (Å²) < 4.78 is 11.5. The molecule has 0 radical (unpaired) electrons. The minimum atomic E-state index is -2.93. The van der Waals surface area contributed by atoms with Gasteiger partial charge in [0.15, 0.2) is 13.9 Å². The van der Waals surface area contributed by atoms with E-state index >= 15 is 0 Å². The van der Waals surface area contributed by atoms with E-state index in [0.29, 0.717) is 32.4 Å². The number of esters is 1. The highest BCUT2D eigenvalue weighted by Crippen LogP contribution is 2.59. The fourth-order valence-electron chi connectivity index (χ4n) is 7.43. The second-order valence-corrected chi connectivity index (χ2v) is 16.4. The first-order valence-corrected chi connectivity index (χ1v) is 17.9. The number of amides is 2. The van der Waals surface area contributed by atoms with Gasteiger partial charge in [-0.3, -0.25) is 14.4 Å². The molecule has 5 rings (SSSR count). The molecule has 1 fully saturated rings. The van der Waals surface area contributed by atoms with Gasteiger partial charge in [-0.15, -0.1) is 0 Å². The quantitative estimate of drug-likeness (QED) is 0.259. The predicted molar refractivity (Wildman–Crippen MR) is 160 cm³/mol. The first-order valence-electron chi connectivity index (χ1n) is 14.9. The first kappa shape index (κ1) is 30.4. The number of rotatable bonds is 9. The molecule has 0 unspecified atom stereocenters. The molecular weight excluding hydrogens is 552 g/mol. The molecule has 0 bridgehead atoms. The van der Waals surface area contributed by atoms with E-state index in [2.05, 4.69) is 0 Å². The molecule has 226 valence electrons. The summed E-state index contributed by atoms with van der Waals surface area (Å²) in [7, 11) is -1.57. The van der Waals surface area contributed by atoms with Gasteiger partial charge in [-0.05, 0) is 49.5 Å². The maximum Gasteiger partial charge on any atom is 0.305 e. The van der Waals surface area contributed by atoms with E-state index in [1.165, 1.54) is 7.11 Å². The number of aliphatic hydroxyl groups is 1. The third-order valence-corrected chi connectivity index (χ3v) is 11.9. The molecule has 3 aliphatic rings. The Morgan fingerprint density at radius 3 is 2.48 bits per heavy atom. The molecule has 1 saturated heterocycles. The molecule has 5 atom stereocenters. The summed E-state index contributed by atoms with van der Waals surface area (Å²) in [6.07, 6.45) is 1.41. The van der Waals surface area contributed by atoms with Crippen LogP contribution in [0, 0.1) is 5.92 Å². The van der Waals surface area contributed by atoms with Gasteiger partial charge in [-0.1, -0.05) is 49.4 Å². The zero-order valence-electron chi connectivity index (χ0n) is 24.9. The van der Waals surface area contributed by atoms with Gasteiger partial charge in [-0.2, -0.15) is 0 Å². The third kappa shape index (κ3) is 5.30. The van der Waals surface area contributed by atoms with Crippen LogP contribution in [0.15, 0.2) is 48.5 Å². The predicted octanol–water partition coefficient (Wildman–Crippen LogP) is 3.51. The van der Waals surface area contributed by atoms with Crippen LogP contribution in [0.3, 0.4) is 0 Å². The number of hydrogen-bond donors (Lipinski definition) is 2. The lowest BCUT2D eigenvalue weighted by molar-refractivity contribution is -0.151. The monoisotopic (exact) mass is 594 g/mol. The van der Waals surface area contributed by atoms with Crippen molar-refractivity contribution in [2.24, 2.45) is 5.92 Å². The molecule has 42 heavy (non-hydrogen) atoms. The lowest BCUT2D eigenvalue weighted by Gasteiger charge is -2.37. The van der Waals surface area contributed by atoms with E-state index in [1.807, 2.05) is 68.5 Å². The summed E-state index contributed by atoms with van der Waals surface area (Å²) in [4.78, 5) is 54.8. The highest BCUT2D eigenvalue weighted by molar-refractivity contribution is 6.71. The number of anilines is 1. The van der Waals surface area contributed by atoms with E-state index in [0.717, 1.165) is 22.4 Å². The molecule has 3 aliphatic heterocycles. The fourth-order valence-corrected chi connectivity index (χ4v) is 9.98. The molecule has 9 nitrogen and oxygen atoms in total. The van der Waals surface area contributed by atoms with E-state index in [9.17, 15) is 24.3 Å². The number of hydrogen-bond acceptors (Lipinski definition) is 7. The van der Waals surface area contributed by atoms with E-state index in [-0.39, 0.29) is 54.7 Å². The zero-order valence-corrected chi connectivity index (χ0v) is 25.9. The number of nitrogens with zero attached hydrogens (tertiary/aromatic N) is 2. The second-order valence-electron chi connectivity index (χ2n) is 12.4. The minimum absolute atomic E-state index is 0.0149. The lowest BCUT2D eigenvalue weighted by atomic mass is 9.82. The molecule has 3 heterocycles. The third-order valence-electron chi connectivity index (χ3n) is 9.39. The van der Waals surface area contributed by atoms with Crippen LogP contribution in [-0.4, -0.2) is 73.3 Å². The standard InChI is InChI=1S/C32H42N2O7Si/c1-21-30(42(3,4)39)27(18-28(36)34-19-23-12-6-5-11-22(23)17-24(34)20-35)41-32(21)25-13-7-8-14-26(25)33(31(32)38)16-10-9-15-29(37)40-2/h5-8,11-14,21,24,27,30,35,39H,9-10,15-20H2,1-4H3/t21-,24+,27+,30-,32+/m1/s1. The van der Waals surface area contributed by atoms with Crippen LogP contribution in [0.25, 0.3) is 0 Å². The molecule has 0 saturated carbocycles. The van der Waals surface area contributed by atoms with Gasteiger partial charge in [-0.25, -0.2) is 0 Å². The summed E-state index contributed by atoms with van der Waals surface area (Å²) in [5.41, 5.74) is 2.03. The Hall–Kier alpha value is -3.05. The van der Waals surface area contributed by atoms with Crippen molar-refractivity contribution in [2.75, 3.05) is 25.2 Å². The number of para-hydroxylation sites is 1. The molecule has 2 aromatic carbocycles. The summed E-state index contributed by atoms with van der Waals surface area (Å²) in [5, 5.41) is 10.2. The van der Waals surface area contributed by atoms with Crippen LogP contribution in [0.5, 0.6) is 0 Å². The Bertz CT molecular complexity index is 1340. The molecule has 0 aliphatic carbocycles. The molecule has 2 aromatic rings. The molecule has 0 aromatic heterocycles. The SMILES string of the molecule is COC(=O)CCCCN1C(=O)[C@@]2(O[C@@H](CC(=O)N3Cc4ccccc4C[C@H]3CO)[C@H]([Si](C)(C)O)[C@H]2C)c2ccccc21. The average molecular weight is 595 g/mol. The number of benzene rings is 2. The Morgan fingerprint density at radius 2 is 1.79 bits per heavy atom. The largest absolute Gasteiger partial charge is 0.469 e. The van der Waals surface area contributed by atoms with Crippen molar-refractivity contribution in [2.45, 2.75) is 82.0 Å². The number of aliphatic hydroxyl groups excluding tert-OH is 1. The Kier molecular flexibility index (Phi) is 8.62. The Labute approximate surface area is 248 Å². The number of ether oxygens (including phenoxy) is 2. The van der Waals surface area contributed by atoms with Crippen molar-refractivity contribution in [3.63, 3.8) is 0 Å². The van der Waals surface area contributed by atoms with Gasteiger partial charge in [0.05, 0.1) is 38.0 Å². The summed E-state index contributed by atoms with van der Waals surface area (Å²) >= 11 is 0. The molecular formula is C32H42N2O7Si. The van der Waals surface area contributed by atoms with Gasteiger partial charge in [0.1, 0.15) is 0 Å². The van der Waals surface area contributed by atoms with Gasteiger partial charge in [0.2, 0.25) is 5.91 Å². The van der Waals surface area contributed by atoms with Gasteiger partial charge in [0, 0.05) is 36.5 Å². The van der Waals surface area contributed by atoms with Crippen LogP contribution >= 0.6 is 0 Å². The van der Waals surface area contributed by atoms with Crippen molar-refractivity contribution in [1.82, 2.24) is 4.90 Å². The van der Waals surface area contributed by atoms with Crippen molar-refractivity contribution in [3.8, 4) is 0 Å². The van der Waals surface area contributed by atoms with Crippen molar-refractivity contribution in [3.05, 3.63) is 65.2 Å². The first-order chi connectivity index (χ1) is 20.0. The molecule has 2 N–H and O–H groups in total. The summed E-state index contributed by atoms with van der Waals surface area (Å²) in [6.45, 7) is 6.33.